The van der Waals surface area contributed by atoms with Gasteiger partial charge in [0.05, 0.1) is 9.21 Å². The first kappa shape index (κ1) is 13.4. The summed E-state index contributed by atoms with van der Waals surface area (Å²) in [6.07, 6.45) is 0.755. The third kappa shape index (κ3) is 3.73. The minimum absolute atomic E-state index is 0.0890. The van der Waals surface area contributed by atoms with Crippen LogP contribution in [0.15, 0.2) is 36.4 Å². The largest absolute Gasteiger partial charge is 0.351 e. The highest BCUT2D eigenvalue weighted by molar-refractivity contribution is 7.17. The molecule has 5 heteroatoms. The second-order valence-corrected chi connectivity index (χ2v) is 5.89. The first-order valence-corrected chi connectivity index (χ1v) is 7.00. The van der Waals surface area contributed by atoms with Gasteiger partial charge in [0.15, 0.2) is 0 Å². The molecule has 2 aromatic rings. The second kappa shape index (κ2) is 6.23. The van der Waals surface area contributed by atoms with E-state index in [0.29, 0.717) is 20.8 Å². The minimum Gasteiger partial charge on any atom is -0.351 e. The van der Waals surface area contributed by atoms with Crippen molar-refractivity contribution in [2.75, 3.05) is 6.54 Å². The molecule has 94 valence electrons. The van der Waals surface area contributed by atoms with E-state index in [0.717, 1.165) is 12.0 Å². The lowest BCUT2D eigenvalue weighted by molar-refractivity contribution is 0.0958. The molecule has 0 atom stereocenters. The van der Waals surface area contributed by atoms with Crippen molar-refractivity contribution in [3.8, 4) is 0 Å². The summed E-state index contributed by atoms with van der Waals surface area (Å²) < 4.78 is 0.620. The van der Waals surface area contributed by atoms with Gasteiger partial charge in [0.1, 0.15) is 0 Å². The molecule has 1 aromatic heterocycles. The molecule has 0 radical (unpaired) electrons. The molecular formula is C13H11Cl2NOS. The first-order chi connectivity index (χ1) is 8.65. The Kier molecular flexibility index (Phi) is 4.64. The SMILES string of the molecule is O=C(NCCc1cccc(Cl)c1)c1ccc(Cl)s1. The smallest absolute Gasteiger partial charge is 0.261 e. The Hall–Kier alpha value is -1.03. The first-order valence-electron chi connectivity index (χ1n) is 5.43. The fourth-order valence-electron chi connectivity index (χ4n) is 1.54. The topological polar surface area (TPSA) is 29.1 Å². The number of hydrogen-bond acceptors (Lipinski definition) is 2. The van der Waals surface area contributed by atoms with Gasteiger partial charge in [0.25, 0.3) is 5.91 Å². The summed E-state index contributed by atoms with van der Waals surface area (Å²) in [6.45, 7) is 0.578. The van der Waals surface area contributed by atoms with E-state index >= 15 is 0 Å². The van der Waals surface area contributed by atoms with Gasteiger partial charge in [-0.05, 0) is 36.2 Å². The van der Waals surface area contributed by atoms with Crippen LogP contribution < -0.4 is 5.32 Å². The molecule has 2 nitrogen and oxygen atoms in total. The molecule has 0 bridgehead atoms. The minimum atomic E-state index is -0.0890. The normalized spacial score (nSPS) is 10.3. The Morgan fingerprint density at radius 3 is 2.72 bits per heavy atom. The van der Waals surface area contributed by atoms with Gasteiger partial charge in [-0.2, -0.15) is 0 Å². The van der Waals surface area contributed by atoms with Crippen LogP contribution in [0.2, 0.25) is 9.36 Å². The quantitative estimate of drug-likeness (QED) is 0.907. The van der Waals surface area contributed by atoms with E-state index in [-0.39, 0.29) is 5.91 Å². The number of rotatable bonds is 4. The lowest BCUT2D eigenvalue weighted by Gasteiger charge is -2.04. The van der Waals surface area contributed by atoms with Crippen LogP contribution in [0.25, 0.3) is 0 Å². The molecule has 0 saturated heterocycles. The van der Waals surface area contributed by atoms with Gasteiger partial charge in [-0.15, -0.1) is 11.3 Å². The lowest BCUT2D eigenvalue weighted by atomic mass is 10.1. The predicted octanol–water partition coefficient (Wildman–Crippen LogP) is 4.03. The van der Waals surface area contributed by atoms with Gasteiger partial charge >= 0.3 is 0 Å². The highest BCUT2D eigenvalue weighted by Crippen LogP contribution is 2.21. The lowest BCUT2D eigenvalue weighted by Crippen LogP contribution is -2.24. The van der Waals surface area contributed by atoms with Crippen LogP contribution in [0.5, 0.6) is 0 Å². The molecule has 0 saturated carbocycles. The van der Waals surface area contributed by atoms with Crippen LogP contribution in [0.3, 0.4) is 0 Å². The average molecular weight is 300 g/mol. The Bertz CT molecular complexity index is 553. The van der Waals surface area contributed by atoms with Crippen molar-refractivity contribution in [2.24, 2.45) is 0 Å². The molecule has 2 rings (SSSR count). The van der Waals surface area contributed by atoms with E-state index in [1.54, 1.807) is 12.1 Å². The van der Waals surface area contributed by atoms with Crippen LogP contribution in [-0.2, 0) is 6.42 Å². The number of benzene rings is 1. The summed E-state index contributed by atoms with van der Waals surface area (Å²) >= 11 is 12.9. The van der Waals surface area contributed by atoms with Crippen molar-refractivity contribution < 1.29 is 4.79 Å². The van der Waals surface area contributed by atoms with Crippen LogP contribution in [0, 0.1) is 0 Å². The van der Waals surface area contributed by atoms with Crippen molar-refractivity contribution >= 4 is 40.4 Å². The van der Waals surface area contributed by atoms with Gasteiger partial charge in [-0.3, -0.25) is 4.79 Å². The molecule has 1 N–H and O–H groups in total. The number of hydrogen-bond donors (Lipinski definition) is 1. The molecule has 1 amide bonds. The summed E-state index contributed by atoms with van der Waals surface area (Å²) in [5, 5.41) is 3.56. The average Bonchev–Trinajstić information content (AvgIpc) is 2.76. The number of halogens is 2. The van der Waals surface area contributed by atoms with Gasteiger partial charge in [0, 0.05) is 11.6 Å². The maximum absolute atomic E-state index is 11.7. The fraction of sp³-hybridized carbons (Fsp3) is 0.154. The Morgan fingerprint density at radius 1 is 1.22 bits per heavy atom. The van der Waals surface area contributed by atoms with Gasteiger partial charge in [0.2, 0.25) is 0 Å². The van der Waals surface area contributed by atoms with Crippen LogP contribution in [0.1, 0.15) is 15.2 Å². The Labute approximate surface area is 120 Å². The van der Waals surface area contributed by atoms with E-state index in [4.69, 9.17) is 23.2 Å². The predicted molar refractivity (Wildman–Crippen MR) is 76.8 cm³/mol. The summed E-state index contributed by atoms with van der Waals surface area (Å²) in [7, 11) is 0. The number of thiophene rings is 1. The molecule has 0 aliphatic heterocycles. The van der Waals surface area contributed by atoms with Crippen molar-refractivity contribution in [1.82, 2.24) is 5.32 Å². The van der Waals surface area contributed by atoms with Crippen molar-refractivity contribution in [3.05, 3.63) is 56.2 Å². The van der Waals surface area contributed by atoms with Crippen molar-refractivity contribution in [1.29, 1.82) is 0 Å². The molecular weight excluding hydrogens is 289 g/mol. The van der Waals surface area contributed by atoms with Gasteiger partial charge < -0.3 is 5.32 Å². The second-order valence-electron chi connectivity index (χ2n) is 3.74. The maximum atomic E-state index is 11.7. The molecule has 0 fully saturated rings. The number of carbonyl (C=O) groups is 1. The number of amides is 1. The van der Waals surface area contributed by atoms with E-state index in [9.17, 15) is 4.79 Å². The standard InChI is InChI=1S/C13H11Cl2NOS/c14-10-3-1-2-9(8-10)6-7-16-13(17)11-4-5-12(15)18-11/h1-5,8H,6-7H2,(H,16,17). The molecule has 1 aromatic carbocycles. The van der Waals surface area contributed by atoms with E-state index in [1.165, 1.54) is 11.3 Å². The third-order valence-corrected chi connectivity index (χ3v) is 3.85. The Morgan fingerprint density at radius 2 is 2.06 bits per heavy atom. The summed E-state index contributed by atoms with van der Waals surface area (Å²) in [5.74, 6) is -0.0890. The van der Waals surface area contributed by atoms with E-state index in [2.05, 4.69) is 5.32 Å². The maximum Gasteiger partial charge on any atom is 0.261 e. The van der Waals surface area contributed by atoms with Crippen LogP contribution >= 0.6 is 34.5 Å². The number of carbonyl (C=O) groups excluding carboxylic acids is 1. The molecule has 18 heavy (non-hydrogen) atoms. The highest BCUT2D eigenvalue weighted by Gasteiger charge is 2.07. The summed E-state index contributed by atoms with van der Waals surface area (Å²) in [5.41, 5.74) is 1.10. The zero-order valence-electron chi connectivity index (χ0n) is 9.45. The van der Waals surface area contributed by atoms with Gasteiger partial charge in [-0.1, -0.05) is 35.3 Å². The van der Waals surface area contributed by atoms with Gasteiger partial charge in [-0.25, -0.2) is 0 Å². The number of nitrogens with one attached hydrogen (secondary N) is 1. The Balaban J connectivity index is 1.84. The highest BCUT2D eigenvalue weighted by atomic mass is 35.5. The van der Waals surface area contributed by atoms with Crippen molar-refractivity contribution in [2.45, 2.75) is 6.42 Å². The third-order valence-electron chi connectivity index (χ3n) is 2.39. The van der Waals surface area contributed by atoms with E-state index < -0.39 is 0 Å². The monoisotopic (exact) mass is 299 g/mol. The summed E-state index contributed by atoms with van der Waals surface area (Å²) in [6, 6.07) is 11.1. The fourth-order valence-corrected chi connectivity index (χ4v) is 2.71. The van der Waals surface area contributed by atoms with Crippen LogP contribution in [0.4, 0.5) is 0 Å². The molecule has 0 aliphatic carbocycles. The zero-order valence-corrected chi connectivity index (χ0v) is 11.8. The molecule has 0 unspecified atom stereocenters. The molecule has 0 spiro atoms. The zero-order chi connectivity index (χ0) is 13.0. The molecule has 1 heterocycles. The van der Waals surface area contributed by atoms with Crippen molar-refractivity contribution in [3.63, 3.8) is 0 Å². The van der Waals surface area contributed by atoms with E-state index in [1.807, 2.05) is 24.3 Å². The molecule has 0 aliphatic rings. The van der Waals surface area contributed by atoms with Crippen LogP contribution in [-0.4, -0.2) is 12.5 Å². The summed E-state index contributed by atoms with van der Waals surface area (Å²) in [4.78, 5) is 12.4.